The summed E-state index contributed by atoms with van der Waals surface area (Å²) >= 11 is 0. The number of hydrogen-bond donors (Lipinski definition) is 1. The maximum absolute atomic E-state index is 12.3. The van der Waals surface area contributed by atoms with Gasteiger partial charge in [0.1, 0.15) is 0 Å². The topological polar surface area (TPSA) is 92.2 Å². The van der Waals surface area contributed by atoms with Crippen LogP contribution in [-0.4, -0.2) is 84.1 Å². The lowest BCUT2D eigenvalue weighted by atomic mass is 10.1. The number of pyridine rings is 1. The number of carboxylic acids is 1. The number of rotatable bonds is 3. The lowest BCUT2D eigenvalue weighted by Crippen LogP contribution is -2.54. The van der Waals surface area contributed by atoms with Crippen LogP contribution in [-0.2, 0) is 9.53 Å². The summed E-state index contributed by atoms with van der Waals surface area (Å²) in [5, 5.41) is 7.12. The van der Waals surface area contributed by atoms with E-state index in [-0.39, 0.29) is 18.2 Å². The number of hydrogen-bond acceptors (Lipinski definition) is 5. The van der Waals surface area contributed by atoms with E-state index >= 15 is 0 Å². The summed E-state index contributed by atoms with van der Waals surface area (Å²) < 4.78 is 43.4. The maximum Gasteiger partial charge on any atom is 0.490 e. The zero-order valence-electron chi connectivity index (χ0n) is 16.1. The second kappa shape index (κ2) is 9.77. The molecule has 1 aliphatic heterocycles. The molecule has 3 rings (SSSR count). The van der Waals surface area contributed by atoms with Crippen molar-refractivity contribution in [2.45, 2.75) is 31.2 Å². The van der Waals surface area contributed by atoms with E-state index in [9.17, 15) is 18.0 Å². The first-order chi connectivity index (χ1) is 13.6. The van der Waals surface area contributed by atoms with Crippen molar-refractivity contribution >= 4 is 12.0 Å². The molecule has 1 aromatic heterocycles. The third-order valence-corrected chi connectivity index (χ3v) is 4.61. The SMILES string of the molecule is CN(C)C(=O)N1CCOC2CC(COc3ccccn3)CC21.O=C(O)C(F)(F)F. The average molecular weight is 419 g/mol. The zero-order chi connectivity index (χ0) is 21.6. The first kappa shape index (κ1) is 22.7. The summed E-state index contributed by atoms with van der Waals surface area (Å²) in [5.74, 6) is -1.71. The molecule has 3 atom stereocenters. The first-order valence-electron chi connectivity index (χ1n) is 9.03. The van der Waals surface area contributed by atoms with E-state index in [1.807, 2.05) is 23.1 Å². The van der Waals surface area contributed by atoms with Gasteiger partial charge in [-0.15, -0.1) is 0 Å². The Morgan fingerprint density at radius 2 is 2.03 bits per heavy atom. The number of alkyl halides is 3. The van der Waals surface area contributed by atoms with Gasteiger partial charge >= 0.3 is 18.2 Å². The minimum Gasteiger partial charge on any atom is -0.477 e. The molecule has 0 radical (unpaired) electrons. The lowest BCUT2D eigenvalue weighted by molar-refractivity contribution is -0.192. The molecule has 2 amide bonds. The van der Waals surface area contributed by atoms with Crippen molar-refractivity contribution in [3.05, 3.63) is 24.4 Å². The van der Waals surface area contributed by atoms with Crippen molar-refractivity contribution in [3.8, 4) is 5.88 Å². The molecule has 8 nitrogen and oxygen atoms in total. The van der Waals surface area contributed by atoms with Crippen LogP contribution in [0.4, 0.5) is 18.0 Å². The predicted octanol–water partition coefficient (Wildman–Crippen LogP) is 2.25. The number of ether oxygens (including phenoxy) is 2. The maximum atomic E-state index is 12.3. The number of amides is 2. The Labute approximate surface area is 166 Å². The van der Waals surface area contributed by atoms with E-state index < -0.39 is 12.1 Å². The highest BCUT2D eigenvalue weighted by Crippen LogP contribution is 2.34. The number of aromatic nitrogens is 1. The van der Waals surface area contributed by atoms with Gasteiger partial charge in [-0.25, -0.2) is 14.6 Å². The summed E-state index contributed by atoms with van der Waals surface area (Å²) in [6, 6.07) is 5.89. The van der Waals surface area contributed by atoms with E-state index in [1.54, 1.807) is 25.2 Å². The number of carbonyl (C=O) groups excluding carboxylic acids is 1. The molecule has 1 N–H and O–H groups in total. The average Bonchev–Trinajstić information content (AvgIpc) is 3.09. The highest BCUT2D eigenvalue weighted by Gasteiger charge is 2.43. The minimum absolute atomic E-state index is 0.0737. The molecule has 1 saturated heterocycles. The van der Waals surface area contributed by atoms with Gasteiger partial charge in [0.05, 0.1) is 25.4 Å². The normalized spacial score (nSPS) is 23.5. The molecule has 1 aromatic rings. The molecule has 2 fully saturated rings. The van der Waals surface area contributed by atoms with E-state index in [0.717, 1.165) is 12.8 Å². The molecular weight excluding hydrogens is 395 g/mol. The van der Waals surface area contributed by atoms with Gasteiger partial charge < -0.3 is 24.4 Å². The van der Waals surface area contributed by atoms with Crippen molar-refractivity contribution in [1.29, 1.82) is 0 Å². The number of urea groups is 1. The van der Waals surface area contributed by atoms with Gasteiger partial charge in [-0.3, -0.25) is 0 Å². The van der Waals surface area contributed by atoms with E-state index in [0.29, 0.717) is 31.6 Å². The lowest BCUT2D eigenvalue weighted by Gasteiger charge is -2.38. The molecule has 29 heavy (non-hydrogen) atoms. The second-order valence-electron chi connectivity index (χ2n) is 6.97. The molecule has 0 aromatic carbocycles. The van der Waals surface area contributed by atoms with Crippen molar-refractivity contribution < 1.29 is 37.3 Å². The van der Waals surface area contributed by atoms with Gasteiger partial charge in [-0.05, 0) is 24.8 Å². The summed E-state index contributed by atoms with van der Waals surface area (Å²) in [7, 11) is 3.59. The number of aliphatic carboxylic acids is 1. The number of carbonyl (C=O) groups is 2. The molecule has 3 unspecified atom stereocenters. The van der Waals surface area contributed by atoms with Crippen LogP contribution in [0.2, 0.25) is 0 Å². The molecule has 1 saturated carbocycles. The van der Waals surface area contributed by atoms with Crippen molar-refractivity contribution in [2.24, 2.45) is 5.92 Å². The summed E-state index contributed by atoms with van der Waals surface area (Å²) in [6.07, 6.45) is -1.36. The van der Waals surface area contributed by atoms with Crippen LogP contribution < -0.4 is 4.74 Å². The van der Waals surface area contributed by atoms with Gasteiger partial charge in [0.25, 0.3) is 0 Å². The Bertz CT molecular complexity index is 687. The molecule has 162 valence electrons. The number of morpholine rings is 1. The highest BCUT2D eigenvalue weighted by atomic mass is 19.4. The summed E-state index contributed by atoms with van der Waals surface area (Å²) in [5.41, 5.74) is 0. The van der Waals surface area contributed by atoms with Crippen LogP contribution in [0.1, 0.15) is 12.8 Å². The van der Waals surface area contributed by atoms with Gasteiger partial charge in [0, 0.05) is 32.9 Å². The smallest absolute Gasteiger partial charge is 0.477 e. The highest BCUT2D eigenvalue weighted by molar-refractivity contribution is 5.74. The van der Waals surface area contributed by atoms with Crippen LogP contribution in [0.5, 0.6) is 5.88 Å². The fourth-order valence-electron chi connectivity index (χ4n) is 3.32. The van der Waals surface area contributed by atoms with Crippen LogP contribution >= 0.6 is 0 Å². The number of fused-ring (bicyclic) bond motifs is 1. The van der Waals surface area contributed by atoms with Gasteiger partial charge in [-0.1, -0.05) is 6.07 Å². The third-order valence-electron chi connectivity index (χ3n) is 4.61. The Morgan fingerprint density at radius 1 is 1.34 bits per heavy atom. The molecular formula is C18H24F3N3O5. The molecule has 2 heterocycles. The van der Waals surface area contributed by atoms with Crippen molar-refractivity contribution in [2.75, 3.05) is 33.9 Å². The summed E-state index contributed by atoms with van der Waals surface area (Å²) in [6.45, 7) is 1.91. The molecule has 0 spiro atoms. The largest absolute Gasteiger partial charge is 0.490 e. The predicted molar refractivity (Wildman–Crippen MR) is 95.5 cm³/mol. The Hall–Kier alpha value is -2.56. The fraction of sp³-hybridized carbons (Fsp3) is 0.611. The van der Waals surface area contributed by atoms with Gasteiger partial charge in [-0.2, -0.15) is 13.2 Å². The molecule has 1 aliphatic carbocycles. The Balaban J connectivity index is 0.000000370. The van der Waals surface area contributed by atoms with Crippen LogP contribution in [0.3, 0.4) is 0 Å². The standard InChI is InChI=1S/C16H23N3O3.C2HF3O2/c1-18(2)16(20)19-7-8-21-14-10-12(9-13(14)19)11-22-15-5-3-4-6-17-15;3-2(4,5)1(6)7/h3-6,12-14H,7-11H2,1-2H3;(H,6,7). The van der Waals surface area contributed by atoms with E-state index in [1.165, 1.54) is 0 Å². The Morgan fingerprint density at radius 3 is 2.59 bits per heavy atom. The number of halogens is 3. The number of carboxylic acid groups (broad SMARTS) is 1. The van der Waals surface area contributed by atoms with E-state index in [2.05, 4.69) is 4.98 Å². The number of nitrogens with zero attached hydrogens (tertiary/aromatic N) is 3. The van der Waals surface area contributed by atoms with Crippen molar-refractivity contribution in [3.63, 3.8) is 0 Å². The van der Waals surface area contributed by atoms with Crippen LogP contribution in [0.25, 0.3) is 0 Å². The third kappa shape index (κ3) is 6.48. The minimum atomic E-state index is -5.08. The van der Waals surface area contributed by atoms with E-state index in [4.69, 9.17) is 19.4 Å². The van der Waals surface area contributed by atoms with Gasteiger partial charge in [0.15, 0.2) is 0 Å². The fourth-order valence-corrected chi connectivity index (χ4v) is 3.32. The van der Waals surface area contributed by atoms with Gasteiger partial charge in [0.2, 0.25) is 5.88 Å². The van der Waals surface area contributed by atoms with Crippen LogP contribution in [0.15, 0.2) is 24.4 Å². The molecule has 0 bridgehead atoms. The second-order valence-corrected chi connectivity index (χ2v) is 6.97. The van der Waals surface area contributed by atoms with Crippen LogP contribution in [0, 0.1) is 5.92 Å². The van der Waals surface area contributed by atoms with Crippen molar-refractivity contribution in [1.82, 2.24) is 14.8 Å². The zero-order valence-corrected chi connectivity index (χ0v) is 16.1. The monoisotopic (exact) mass is 419 g/mol. The quantitative estimate of drug-likeness (QED) is 0.808. The molecule has 2 aliphatic rings. The Kier molecular flexibility index (Phi) is 7.66. The molecule has 11 heteroatoms. The first-order valence-corrected chi connectivity index (χ1v) is 9.03. The summed E-state index contributed by atoms with van der Waals surface area (Å²) in [4.78, 5) is 28.9.